The fourth-order valence-electron chi connectivity index (χ4n) is 2.34. The summed E-state index contributed by atoms with van der Waals surface area (Å²) in [5.74, 6) is 0.822. The average molecular weight is 186 g/mol. The van der Waals surface area contributed by atoms with Crippen LogP contribution in [-0.4, -0.2) is 0 Å². The van der Waals surface area contributed by atoms with Gasteiger partial charge < -0.3 is 0 Å². The largest absolute Gasteiger partial charge is 0.0985 e. The molecular formula is C14H18. The smallest absolute Gasteiger partial charge is 0.0162 e. The molecular weight excluding hydrogens is 168 g/mol. The summed E-state index contributed by atoms with van der Waals surface area (Å²) in [7, 11) is 0. The molecule has 0 nitrogen and oxygen atoms in total. The summed E-state index contributed by atoms with van der Waals surface area (Å²) in [4.78, 5) is 0. The van der Waals surface area contributed by atoms with Crippen LogP contribution in [-0.2, 0) is 0 Å². The molecule has 0 amide bonds. The first kappa shape index (κ1) is 9.51. The molecule has 1 fully saturated rings. The number of hydrogen-bond donors (Lipinski definition) is 0. The molecule has 0 atom stereocenters. The zero-order chi connectivity index (χ0) is 9.80. The van der Waals surface area contributed by atoms with Gasteiger partial charge in [-0.05, 0) is 29.9 Å². The van der Waals surface area contributed by atoms with Crippen molar-refractivity contribution in [3.63, 3.8) is 0 Å². The molecule has 0 spiro atoms. The normalized spacial score (nSPS) is 18.0. The lowest BCUT2D eigenvalue weighted by Gasteiger charge is -2.21. The van der Waals surface area contributed by atoms with Gasteiger partial charge >= 0.3 is 0 Å². The maximum atomic E-state index is 3.77. The molecule has 0 heterocycles. The lowest BCUT2D eigenvalue weighted by atomic mass is 9.84. The van der Waals surface area contributed by atoms with E-state index in [1.165, 1.54) is 43.2 Å². The van der Waals surface area contributed by atoms with Crippen molar-refractivity contribution < 1.29 is 0 Å². The highest BCUT2D eigenvalue weighted by molar-refractivity contribution is 5.47. The third kappa shape index (κ3) is 2.06. The van der Waals surface area contributed by atoms with Crippen molar-refractivity contribution in [2.24, 2.45) is 0 Å². The molecule has 0 unspecified atom stereocenters. The summed E-state index contributed by atoms with van der Waals surface area (Å²) in [5, 5.41) is 0. The minimum Gasteiger partial charge on any atom is -0.0985 e. The summed E-state index contributed by atoms with van der Waals surface area (Å²) >= 11 is 0. The Kier molecular flexibility index (Phi) is 3.03. The zero-order valence-corrected chi connectivity index (χ0v) is 8.71. The Labute approximate surface area is 86.7 Å². The van der Waals surface area contributed by atoms with E-state index in [9.17, 15) is 0 Å². The van der Waals surface area contributed by atoms with E-state index >= 15 is 0 Å². The summed E-state index contributed by atoms with van der Waals surface area (Å²) < 4.78 is 0. The number of rotatable bonds is 2. The molecule has 0 heteroatoms. The molecule has 0 aromatic heterocycles. The van der Waals surface area contributed by atoms with Crippen molar-refractivity contribution >= 4 is 6.08 Å². The summed E-state index contributed by atoms with van der Waals surface area (Å²) in [6, 6.07) is 8.90. The van der Waals surface area contributed by atoms with E-state index in [0.717, 1.165) is 5.92 Å². The summed E-state index contributed by atoms with van der Waals surface area (Å²) in [6.07, 6.45) is 8.93. The quantitative estimate of drug-likeness (QED) is 0.643. The fourth-order valence-corrected chi connectivity index (χ4v) is 2.34. The predicted octanol–water partition coefficient (Wildman–Crippen LogP) is 4.38. The van der Waals surface area contributed by atoms with Crippen LogP contribution >= 0.6 is 0 Å². The molecule has 0 bridgehead atoms. The lowest BCUT2D eigenvalue weighted by Crippen LogP contribution is -2.04. The maximum absolute atomic E-state index is 3.77. The first-order valence-electron chi connectivity index (χ1n) is 5.62. The van der Waals surface area contributed by atoms with Crippen molar-refractivity contribution in [3.05, 3.63) is 42.0 Å². The van der Waals surface area contributed by atoms with Gasteiger partial charge in [-0.15, -0.1) is 0 Å². The minimum atomic E-state index is 0.822. The van der Waals surface area contributed by atoms with Gasteiger partial charge in [-0.1, -0.05) is 56.2 Å². The summed E-state index contributed by atoms with van der Waals surface area (Å²) in [5.41, 5.74) is 2.75. The molecule has 0 N–H and O–H groups in total. The Balaban J connectivity index is 2.11. The highest BCUT2D eigenvalue weighted by atomic mass is 14.2. The fraction of sp³-hybridized carbons (Fsp3) is 0.429. The van der Waals surface area contributed by atoms with Crippen molar-refractivity contribution in [3.8, 4) is 0 Å². The van der Waals surface area contributed by atoms with Gasteiger partial charge in [-0.25, -0.2) is 0 Å². The van der Waals surface area contributed by atoms with Gasteiger partial charge in [0.25, 0.3) is 0 Å². The molecule has 1 aliphatic rings. The highest BCUT2D eigenvalue weighted by Crippen LogP contribution is 2.32. The first-order valence-corrected chi connectivity index (χ1v) is 5.62. The molecule has 1 saturated carbocycles. The Morgan fingerprint density at radius 3 is 2.21 bits per heavy atom. The third-order valence-corrected chi connectivity index (χ3v) is 3.25. The van der Waals surface area contributed by atoms with Crippen molar-refractivity contribution in [2.75, 3.05) is 0 Å². The molecule has 1 aliphatic carbocycles. The molecule has 0 radical (unpaired) electrons. The monoisotopic (exact) mass is 186 g/mol. The molecule has 74 valence electrons. The Bertz CT molecular complexity index is 288. The van der Waals surface area contributed by atoms with Gasteiger partial charge in [0.1, 0.15) is 0 Å². The van der Waals surface area contributed by atoms with Crippen LogP contribution in [0.1, 0.15) is 49.1 Å². The van der Waals surface area contributed by atoms with Gasteiger partial charge in [0.15, 0.2) is 0 Å². The van der Waals surface area contributed by atoms with Crippen molar-refractivity contribution in [1.82, 2.24) is 0 Å². The van der Waals surface area contributed by atoms with E-state index in [1.807, 2.05) is 6.08 Å². The molecule has 1 aromatic rings. The number of hydrogen-bond acceptors (Lipinski definition) is 0. The van der Waals surface area contributed by atoms with Crippen LogP contribution < -0.4 is 0 Å². The van der Waals surface area contributed by atoms with Gasteiger partial charge in [-0.2, -0.15) is 0 Å². The van der Waals surface area contributed by atoms with Gasteiger partial charge in [0.2, 0.25) is 0 Å². The van der Waals surface area contributed by atoms with Crippen LogP contribution in [0.2, 0.25) is 0 Å². The van der Waals surface area contributed by atoms with Crippen LogP contribution in [0, 0.1) is 0 Å². The number of benzene rings is 1. The Morgan fingerprint density at radius 2 is 1.64 bits per heavy atom. The predicted molar refractivity (Wildman–Crippen MR) is 62.4 cm³/mol. The zero-order valence-electron chi connectivity index (χ0n) is 8.71. The molecule has 1 aromatic carbocycles. The lowest BCUT2D eigenvalue weighted by molar-refractivity contribution is 0.443. The van der Waals surface area contributed by atoms with Crippen LogP contribution in [0.25, 0.3) is 6.08 Å². The van der Waals surface area contributed by atoms with Crippen LogP contribution in [0.15, 0.2) is 30.8 Å². The second-order valence-electron chi connectivity index (χ2n) is 4.21. The standard InChI is InChI=1S/C14H18/c1-2-12-8-10-14(11-9-12)13-6-4-3-5-7-13/h2,8-11,13H,1,3-7H2. The Hall–Kier alpha value is -1.04. The molecule has 14 heavy (non-hydrogen) atoms. The van der Waals surface area contributed by atoms with E-state index < -0.39 is 0 Å². The van der Waals surface area contributed by atoms with E-state index in [2.05, 4.69) is 30.8 Å². The first-order chi connectivity index (χ1) is 6.90. The minimum absolute atomic E-state index is 0.822. The van der Waals surface area contributed by atoms with Gasteiger partial charge in [0.05, 0.1) is 0 Å². The van der Waals surface area contributed by atoms with Crippen molar-refractivity contribution in [2.45, 2.75) is 38.0 Å². The molecule has 0 saturated heterocycles. The molecule has 2 rings (SSSR count). The van der Waals surface area contributed by atoms with E-state index in [-0.39, 0.29) is 0 Å². The van der Waals surface area contributed by atoms with Gasteiger partial charge in [0, 0.05) is 0 Å². The van der Waals surface area contributed by atoms with Gasteiger partial charge in [-0.3, -0.25) is 0 Å². The molecule has 0 aliphatic heterocycles. The topological polar surface area (TPSA) is 0 Å². The second kappa shape index (κ2) is 4.45. The second-order valence-corrected chi connectivity index (χ2v) is 4.21. The van der Waals surface area contributed by atoms with E-state index in [4.69, 9.17) is 0 Å². The average Bonchev–Trinajstić information content (AvgIpc) is 2.30. The van der Waals surface area contributed by atoms with E-state index in [0.29, 0.717) is 0 Å². The van der Waals surface area contributed by atoms with Crippen LogP contribution in [0.3, 0.4) is 0 Å². The van der Waals surface area contributed by atoms with E-state index in [1.54, 1.807) is 0 Å². The highest BCUT2D eigenvalue weighted by Gasteiger charge is 2.14. The SMILES string of the molecule is C=Cc1ccc(C2CCCCC2)cc1. The van der Waals surface area contributed by atoms with Crippen LogP contribution in [0.4, 0.5) is 0 Å². The Morgan fingerprint density at radius 1 is 1.00 bits per heavy atom. The maximum Gasteiger partial charge on any atom is -0.0162 e. The van der Waals surface area contributed by atoms with Crippen LogP contribution in [0.5, 0.6) is 0 Å². The summed E-state index contributed by atoms with van der Waals surface area (Å²) in [6.45, 7) is 3.77. The van der Waals surface area contributed by atoms with Crippen molar-refractivity contribution in [1.29, 1.82) is 0 Å². The third-order valence-electron chi connectivity index (χ3n) is 3.25.